The molecule has 0 radical (unpaired) electrons. The number of hydrogen-bond donors (Lipinski definition) is 7. The molecule has 79 heavy (non-hydrogen) atoms. The van der Waals surface area contributed by atoms with Crippen LogP contribution in [0.25, 0.3) is 0 Å². The molecule has 0 bridgehead atoms. The number of methoxy groups -OCH3 is 1. The summed E-state index contributed by atoms with van der Waals surface area (Å²) in [6.45, 7) is 22.1. The van der Waals surface area contributed by atoms with Gasteiger partial charge in [-0.2, -0.15) is 0 Å². The quantitative estimate of drug-likeness (QED) is 0.107. The lowest BCUT2D eigenvalue weighted by atomic mass is 9.46. The SMILES string of the molecule is CC[C@H]1OC(=O)C(C)[C@@H](O[C@@H]2C[C@](C)(OC)[C@H](O)C(C)O2)[C@H](C)[C@@H](O[C@@H]2O[C@H](C)CC(N(C)C)[C@H]2O)[C@](C)(O)C[C@@H](C)CN(CCCNC(=O)[C@@]2(O)CCC3C4CCC5=CC(=O)CC[C@]5(C)C4C(=O)C[C@@]32C)[C@H](C)[C@@H](O)[C@]1(C)O. The Morgan fingerprint density at radius 1 is 0.899 bits per heavy atom. The second kappa shape index (κ2) is 24.2. The summed E-state index contributed by atoms with van der Waals surface area (Å²) in [6.07, 6.45) is -4.03. The number of esters is 1. The number of fused-ring (bicyclic) bond motifs is 5. The van der Waals surface area contributed by atoms with E-state index in [-0.39, 0.29) is 92.6 Å². The number of likely N-dealkylation sites (N-methyl/N-ethyl adjacent to an activating group) is 1. The van der Waals surface area contributed by atoms with E-state index in [0.717, 1.165) is 18.4 Å². The number of carbonyl (C=O) groups is 4. The van der Waals surface area contributed by atoms with Crippen LogP contribution in [0, 0.1) is 46.3 Å². The molecule has 6 fully saturated rings. The normalized spacial score (nSPS) is 48.7. The number of aliphatic hydroxyl groups is 6. The summed E-state index contributed by atoms with van der Waals surface area (Å²) in [5.74, 6) is -3.72. The molecule has 7 N–H and O–H groups in total. The van der Waals surface area contributed by atoms with E-state index in [9.17, 15) is 49.8 Å². The van der Waals surface area contributed by atoms with Gasteiger partial charge in [-0.25, -0.2) is 0 Å². The third-order valence-electron chi connectivity index (χ3n) is 21.1. The average Bonchev–Trinajstić information content (AvgIpc) is 3.96. The lowest BCUT2D eigenvalue weighted by molar-refractivity contribution is -0.318. The third-order valence-corrected chi connectivity index (χ3v) is 21.1. The standard InChI is InChI=1S/C60H101N3O16/c1-16-44-59(12,72)49(67)36(6)63(25-17-24-61-54(70)60(73)23-21-41-40-19-18-38-27-39(64)20-22-55(38,8)46(40)43(65)29-56(41,60)9)31-32(2)28-57(10,71)51(79-53-47(66)42(62(13)14)26-33(3)75-53)34(4)48(35(5)52(69)77-44)78-45-30-58(11,74-15)50(68)37(7)76-45/h27,32-37,40-42,44-51,53,66-68,71-73H,16-26,28-31H2,1-15H3,(H,61,70)/t32-,33-,34+,35?,36-,37?,40?,41?,42?,44-,45-,46?,47-,48+,49-,50-,51-,53+,55+,56+,57-,58+,59-,60+/m1/s1. The minimum atomic E-state index is -1.98. The van der Waals surface area contributed by atoms with Crippen molar-refractivity contribution in [3.05, 3.63) is 11.6 Å². The molecule has 3 saturated carbocycles. The predicted octanol–water partition coefficient (Wildman–Crippen LogP) is 4.22. The largest absolute Gasteiger partial charge is 0.459 e. The highest BCUT2D eigenvalue weighted by atomic mass is 16.7. The number of aliphatic hydroxyl groups excluding tert-OH is 3. The monoisotopic (exact) mass is 1120 g/mol. The van der Waals surface area contributed by atoms with E-state index in [1.807, 2.05) is 44.7 Å². The summed E-state index contributed by atoms with van der Waals surface area (Å²) in [5, 5.41) is 76.2. The van der Waals surface area contributed by atoms with E-state index in [1.54, 1.807) is 54.5 Å². The van der Waals surface area contributed by atoms with Crippen LogP contribution in [-0.2, 0) is 47.6 Å². The number of carbonyl (C=O) groups excluding carboxylic acids is 4. The van der Waals surface area contributed by atoms with E-state index >= 15 is 0 Å². The number of ketones is 2. The molecule has 24 atom stereocenters. The first-order valence-electron chi connectivity index (χ1n) is 29.7. The average molecular weight is 1120 g/mol. The summed E-state index contributed by atoms with van der Waals surface area (Å²) >= 11 is 0. The highest BCUT2D eigenvalue weighted by Gasteiger charge is 2.69. The number of Topliss-reactive ketones (excluding diaryl/α,β-unsaturated/α-hetero) is 1. The molecule has 19 nitrogen and oxygen atoms in total. The van der Waals surface area contributed by atoms with Crippen molar-refractivity contribution in [1.29, 1.82) is 0 Å². The Hall–Kier alpha value is -2.50. The number of nitrogens with zero attached hydrogens (tertiary/aromatic N) is 2. The zero-order chi connectivity index (χ0) is 58.7. The Labute approximate surface area is 470 Å². The molecular weight excluding hydrogens is 1020 g/mol. The lowest BCUT2D eigenvalue weighted by Gasteiger charge is -2.57. The molecule has 3 aliphatic heterocycles. The summed E-state index contributed by atoms with van der Waals surface area (Å²) in [7, 11) is 5.23. The van der Waals surface area contributed by atoms with Crippen molar-refractivity contribution in [1.82, 2.24) is 15.1 Å². The van der Waals surface area contributed by atoms with E-state index in [1.165, 1.54) is 14.0 Å². The molecule has 7 rings (SSSR count). The maximum absolute atomic E-state index is 14.7. The van der Waals surface area contributed by atoms with Gasteiger partial charge in [-0.15, -0.1) is 0 Å². The molecular formula is C60H101N3O16. The number of amides is 1. The molecule has 19 heteroatoms. The number of rotatable bonds is 12. The number of cyclic esters (lactones) is 1. The van der Waals surface area contributed by atoms with Crippen LogP contribution in [0.4, 0.5) is 0 Å². The van der Waals surface area contributed by atoms with Gasteiger partial charge in [0, 0.05) is 75.3 Å². The highest BCUT2D eigenvalue weighted by Crippen LogP contribution is 2.66. The topological polar surface area (TPSA) is 264 Å². The van der Waals surface area contributed by atoms with Crippen molar-refractivity contribution in [2.75, 3.05) is 40.8 Å². The fraction of sp³-hybridized carbons (Fsp3) is 0.900. The van der Waals surface area contributed by atoms with Crippen LogP contribution in [0.2, 0.25) is 0 Å². The van der Waals surface area contributed by atoms with Crippen LogP contribution in [0.3, 0.4) is 0 Å². The first-order valence-corrected chi connectivity index (χ1v) is 29.7. The number of allylic oxidation sites excluding steroid dienone is 1. The van der Waals surface area contributed by atoms with Crippen molar-refractivity contribution in [2.45, 2.75) is 256 Å². The minimum Gasteiger partial charge on any atom is -0.459 e. The molecule has 6 unspecified atom stereocenters. The van der Waals surface area contributed by atoms with Gasteiger partial charge in [-0.3, -0.25) is 24.1 Å². The van der Waals surface area contributed by atoms with Gasteiger partial charge in [0.05, 0.1) is 41.5 Å². The zero-order valence-corrected chi connectivity index (χ0v) is 50.2. The van der Waals surface area contributed by atoms with Crippen LogP contribution >= 0.6 is 0 Å². The molecule has 0 aromatic carbocycles. The first kappa shape index (κ1) is 64.1. The van der Waals surface area contributed by atoms with E-state index in [2.05, 4.69) is 12.2 Å². The van der Waals surface area contributed by atoms with Crippen molar-refractivity contribution in [3.63, 3.8) is 0 Å². The lowest BCUT2D eigenvalue weighted by Crippen LogP contribution is -2.62. The van der Waals surface area contributed by atoms with E-state index < -0.39 is 118 Å². The molecule has 1 amide bonds. The highest BCUT2D eigenvalue weighted by molar-refractivity contribution is 5.94. The Bertz CT molecular complexity index is 2210. The van der Waals surface area contributed by atoms with Crippen molar-refractivity contribution in [2.24, 2.45) is 46.3 Å². The van der Waals surface area contributed by atoms with Gasteiger partial charge in [0.15, 0.2) is 18.4 Å². The van der Waals surface area contributed by atoms with Crippen LogP contribution in [-0.4, -0.2) is 201 Å². The van der Waals surface area contributed by atoms with Gasteiger partial charge in [-0.1, -0.05) is 40.2 Å². The Morgan fingerprint density at radius 2 is 1.58 bits per heavy atom. The molecule has 452 valence electrons. The smallest absolute Gasteiger partial charge is 0.311 e. The fourth-order valence-electron chi connectivity index (χ4n) is 16.3. The molecule has 0 aromatic rings. The third kappa shape index (κ3) is 12.2. The van der Waals surface area contributed by atoms with Gasteiger partial charge in [0.25, 0.3) is 5.91 Å². The van der Waals surface area contributed by atoms with E-state index in [0.29, 0.717) is 38.6 Å². The summed E-state index contributed by atoms with van der Waals surface area (Å²) in [5.41, 5.74) is -6.89. The fourth-order valence-corrected chi connectivity index (χ4v) is 16.3. The Morgan fingerprint density at radius 3 is 2.23 bits per heavy atom. The van der Waals surface area contributed by atoms with Crippen molar-refractivity contribution in [3.8, 4) is 0 Å². The van der Waals surface area contributed by atoms with Crippen LogP contribution in [0.5, 0.6) is 0 Å². The molecule has 0 spiro atoms. The Balaban J connectivity index is 1.15. The minimum absolute atomic E-state index is 0.00234. The first-order chi connectivity index (χ1) is 36.7. The number of ether oxygens (including phenoxy) is 6. The van der Waals surface area contributed by atoms with Crippen LogP contribution in [0.1, 0.15) is 160 Å². The van der Waals surface area contributed by atoms with Gasteiger partial charge >= 0.3 is 5.97 Å². The van der Waals surface area contributed by atoms with Gasteiger partial charge < -0.3 is 69.3 Å². The Kier molecular flexibility index (Phi) is 19.7. The number of nitrogens with one attached hydrogen (secondary N) is 1. The van der Waals surface area contributed by atoms with Gasteiger partial charge in [0.2, 0.25) is 0 Å². The predicted molar refractivity (Wildman–Crippen MR) is 293 cm³/mol. The zero-order valence-electron chi connectivity index (χ0n) is 50.2. The maximum Gasteiger partial charge on any atom is 0.311 e. The summed E-state index contributed by atoms with van der Waals surface area (Å²) < 4.78 is 38.3. The van der Waals surface area contributed by atoms with E-state index in [4.69, 9.17) is 28.4 Å². The molecule has 3 saturated heterocycles. The van der Waals surface area contributed by atoms with Crippen molar-refractivity contribution >= 4 is 23.4 Å². The molecule has 0 aromatic heterocycles. The number of hydrogen-bond acceptors (Lipinski definition) is 18. The molecule has 3 heterocycles. The van der Waals surface area contributed by atoms with Gasteiger partial charge in [0.1, 0.15) is 41.4 Å². The molecule has 7 aliphatic rings. The van der Waals surface area contributed by atoms with Gasteiger partial charge in [-0.05, 0) is 150 Å². The summed E-state index contributed by atoms with van der Waals surface area (Å²) in [6, 6.07) is -1.11. The summed E-state index contributed by atoms with van der Waals surface area (Å²) in [4.78, 5) is 59.8. The second-order valence-corrected chi connectivity index (χ2v) is 27.1. The maximum atomic E-state index is 14.7. The molecule has 4 aliphatic carbocycles. The van der Waals surface area contributed by atoms with Crippen LogP contribution < -0.4 is 5.32 Å². The van der Waals surface area contributed by atoms with Crippen LogP contribution in [0.15, 0.2) is 11.6 Å². The second-order valence-electron chi connectivity index (χ2n) is 27.1. The van der Waals surface area contributed by atoms with Crippen molar-refractivity contribution < 1.29 is 78.2 Å².